The lowest BCUT2D eigenvalue weighted by atomic mass is 10.0. The molecular formula is C20H18F3N5OS. The molecule has 1 aliphatic heterocycles. The lowest BCUT2D eigenvalue weighted by Crippen LogP contribution is -2.41. The van der Waals surface area contributed by atoms with Crippen LogP contribution in [0.15, 0.2) is 59.8 Å². The quantitative estimate of drug-likeness (QED) is 0.644. The lowest BCUT2D eigenvalue weighted by molar-refractivity contribution is -0.137. The average molecular weight is 433 g/mol. The second-order valence-electron chi connectivity index (χ2n) is 6.71. The van der Waals surface area contributed by atoms with Crippen LogP contribution in [0.2, 0.25) is 0 Å². The topological polar surface area (TPSA) is 71.8 Å². The van der Waals surface area contributed by atoms with E-state index in [4.69, 9.17) is 0 Å². The van der Waals surface area contributed by atoms with E-state index in [9.17, 15) is 18.0 Å². The molecule has 6 nitrogen and oxygen atoms in total. The molecule has 0 fully saturated rings. The maximum atomic E-state index is 13.1. The van der Waals surface area contributed by atoms with E-state index in [1.54, 1.807) is 4.68 Å². The molecule has 1 aliphatic rings. The van der Waals surface area contributed by atoms with Crippen molar-refractivity contribution in [2.75, 3.05) is 10.7 Å². The molecule has 4 rings (SSSR count). The lowest BCUT2D eigenvalue weighted by Gasteiger charge is -2.33. The van der Waals surface area contributed by atoms with Crippen LogP contribution in [0.4, 0.5) is 18.9 Å². The van der Waals surface area contributed by atoms with Crippen LogP contribution >= 0.6 is 11.8 Å². The van der Waals surface area contributed by atoms with Crippen molar-refractivity contribution in [3.63, 3.8) is 0 Å². The maximum Gasteiger partial charge on any atom is 0.416 e. The fourth-order valence-corrected chi connectivity index (χ4v) is 4.32. The Morgan fingerprint density at radius 2 is 1.93 bits per heavy atom. The molecule has 0 aliphatic carbocycles. The molecule has 0 saturated heterocycles. The number of aryl methyl sites for hydroxylation is 1. The molecule has 10 heteroatoms. The number of hydrogen-bond acceptors (Lipinski definition) is 5. The van der Waals surface area contributed by atoms with Gasteiger partial charge in [-0.2, -0.15) is 13.2 Å². The Morgan fingerprint density at radius 3 is 2.63 bits per heavy atom. The van der Waals surface area contributed by atoms with E-state index in [2.05, 4.69) is 20.9 Å². The summed E-state index contributed by atoms with van der Waals surface area (Å²) in [7, 11) is 0. The monoisotopic (exact) mass is 433 g/mol. The van der Waals surface area contributed by atoms with Gasteiger partial charge in [0.1, 0.15) is 5.25 Å². The molecule has 1 amide bonds. The van der Waals surface area contributed by atoms with Gasteiger partial charge in [0, 0.05) is 12.1 Å². The summed E-state index contributed by atoms with van der Waals surface area (Å²) in [6.07, 6.45) is -3.83. The van der Waals surface area contributed by atoms with Crippen LogP contribution in [0.5, 0.6) is 0 Å². The number of hydrogen-bond donors (Lipinski definition) is 2. The summed E-state index contributed by atoms with van der Waals surface area (Å²) in [6, 6.07) is 13.6. The van der Waals surface area contributed by atoms with E-state index in [1.165, 1.54) is 23.9 Å². The van der Waals surface area contributed by atoms with E-state index in [1.807, 2.05) is 37.3 Å². The highest BCUT2D eigenvalue weighted by atomic mass is 32.2. The number of halogens is 3. The number of anilines is 1. The summed E-state index contributed by atoms with van der Waals surface area (Å²) in [6.45, 7) is 1.95. The van der Waals surface area contributed by atoms with Gasteiger partial charge in [-0.1, -0.05) is 55.1 Å². The maximum absolute atomic E-state index is 13.1. The number of alkyl halides is 3. The molecule has 2 N–H and O–H groups in total. The first-order chi connectivity index (χ1) is 14.4. The minimum absolute atomic E-state index is 0.0866. The number of amides is 1. The predicted molar refractivity (Wildman–Crippen MR) is 108 cm³/mol. The molecule has 2 atom stereocenters. The van der Waals surface area contributed by atoms with Gasteiger partial charge in [-0.05, 0) is 23.8 Å². The molecule has 2 heterocycles. The molecule has 0 radical (unpaired) electrons. The molecule has 3 aromatic rings. The zero-order valence-corrected chi connectivity index (χ0v) is 16.7. The Balaban J connectivity index is 1.64. The number of thioether (sulfide) groups is 1. The van der Waals surface area contributed by atoms with E-state index < -0.39 is 28.9 Å². The van der Waals surface area contributed by atoms with Crippen molar-refractivity contribution in [3.8, 4) is 0 Å². The van der Waals surface area contributed by atoms with Gasteiger partial charge in [-0.15, -0.1) is 10.2 Å². The number of carbonyl (C=O) groups excluding carboxylic acids is 1. The highest BCUT2D eigenvalue weighted by Crippen LogP contribution is 2.38. The third-order valence-corrected chi connectivity index (χ3v) is 5.91. The first-order valence-electron chi connectivity index (χ1n) is 9.27. The molecule has 2 aromatic carbocycles. The zero-order chi connectivity index (χ0) is 21.3. The number of aromatic nitrogens is 3. The fraction of sp³-hybridized carbons (Fsp3) is 0.250. The predicted octanol–water partition coefficient (Wildman–Crippen LogP) is 4.26. The smallest absolute Gasteiger partial charge is 0.325 e. The van der Waals surface area contributed by atoms with Gasteiger partial charge < -0.3 is 10.7 Å². The van der Waals surface area contributed by atoms with Crippen molar-refractivity contribution in [3.05, 3.63) is 71.5 Å². The highest BCUT2D eigenvalue weighted by Gasteiger charge is 2.38. The second-order valence-corrected chi connectivity index (χ2v) is 7.82. The Labute approximate surface area is 174 Å². The van der Waals surface area contributed by atoms with Gasteiger partial charge in [0.25, 0.3) is 0 Å². The normalized spacial score (nSPS) is 18.4. The van der Waals surface area contributed by atoms with Crippen LogP contribution in [0.25, 0.3) is 0 Å². The Hall–Kier alpha value is -3.01. The van der Waals surface area contributed by atoms with Crippen molar-refractivity contribution in [1.82, 2.24) is 14.9 Å². The molecule has 0 saturated carbocycles. The number of fused-ring (bicyclic) bond motifs is 1. The number of rotatable bonds is 4. The average Bonchev–Trinajstić information content (AvgIpc) is 3.15. The Bertz CT molecular complexity index is 1050. The molecular weight excluding hydrogens is 415 g/mol. The molecule has 156 valence electrons. The van der Waals surface area contributed by atoms with Gasteiger partial charge in [0.2, 0.25) is 11.1 Å². The Kier molecular flexibility index (Phi) is 5.42. The van der Waals surface area contributed by atoms with Gasteiger partial charge in [-0.25, -0.2) is 4.68 Å². The van der Waals surface area contributed by atoms with Crippen LogP contribution in [0.3, 0.4) is 0 Å². The second kappa shape index (κ2) is 8.02. The van der Waals surface area contributed by atoms with E-state index in [-0.39, 0.29) is 5.69 Å². The van der Waals surface area contributed by atoms with Gasteiger partial charge >= 0.3 is 6.18 Å². The van der Waals surface area contributed by atoms with E-state index >= 15 is 0 Å². The summed E-state index contributed by atoms with van der Waals surface area (Å²) < 4.78 is 40.8. The SMILES string of the molecule is CCc1nnc2n1NC(c1ccccc1)C(C(=O)Nc1cccc(C(F)(F)F)c1)S2. The summed E-state index contributed by atoms with van der Waals surface area (Å²) >= 11 is 1.23. The van der Waals surface area contributed by atoms with E-state index in [0.29, 0.717) is 11.6 Å². The number of nitrogens with zero attached hydrogens (tertiary/aromatic N) is 3. The van der Waals surface area contributed by atoms with Crippen LogP contribution in [-0.2, 0) is 17.4 Å². The van der Waals surface area contributed by atoms with Crippen LogP contribution in [0, 0.1) is 0 Å². The van der Waals surface area contributed by atoms with Gasteiger partial charge in [0.15, 0.2) is 5.82 Å². The van der Waals surface area contributed by atoms with Crippen molar-refractivity contribution >= 4 is 23.4 Å². The zero-order valence-electron chi connectivity index (χ0n) is 15.8. The Morgan fingerprint density at radius 1 is 1.17 bits per heavy atom. The third kappa shape index (κ3) is 4.00. The minimum Gasteiger partial charge on any atom is -0.325 e. The summed E-state index contributed by atoms with van der Waals surface area (Å²) in [5.74, 6) is 0.308. The molecule has 2 unspecified atom stereocenters. The van der Waals surface area contributed by atoms with E-state index in [0.717, 1.165) is 23.5 Å². The van der Waals surface area contributed by atoms with Crippen molar-refractivity contribution < 1.29 is 18.0 Å². The summed E-state index contributed by atoms with van der Waals surface area (Å²) in [4.78, 5) is 13.1. The third-order valence-electron chi connectivity index (χ3n) is 4.69. The molecule has 0 spiro atoms. The van der Waals surface area contributed by atoms with Crippen LogP contribution < -0.4 is 10.7 Å². The first kappa shape index (κ1) is 20.3. The number of nitrogens with one attached hydrogen (secondary N) is 2. The van der Waals surface area contributed by atoms with Crippen LogP contribution in [0.1, 0.15) is 29.9 Å². The molecule has 0 bridgehead atoms. The first-order valence-corrected chi connectivity index (χ1v) is 10.2. The van der Waals surface area contributed by atoms with Gasteiger partial charge in [0.05, 0.1) is 11.6 Å². The van der Waals surface area contributed by atoms with Crippen molar-refractivity contribution in [1.29, 1.82) is 0 Å². The summed E-state index contributed by atoms with van der Waals surface area (Å²) in [5, 5.41) is 10.7. The summed E-state index contributed by atoms with van der Waals surface area (Å²) in [5.41, 5.74) is 3.43. The number of benzene rings is 2. The van der Waals surface area contributed by atoms with Crippen LogP contribution in [-0.4, -0.2) is 26.0 Å². The molecule has 1 aromatic heterocycles. The number of carbonyl (C=O) groups is 1. The minimum atomic E-state index is -4.48. The molecule has 30 heavy (non-hydrogen) atoms. The van der Waals surface area contributed by atoms with Crippen molar-refractivity contribution in [2.45, 2.75) is 36.0 Å². The van der Waals surface area contributed by atoms with Gasteiger partial charge in [-0.3, -0.25) is 4.79 Å². The van der Waals surface area contributed by atoms with Crippen molar-refractivity contribution in [2.24, 2.45) is 0 Å². The highest BCUT2D eigenvalue weighted by molar-refractivity contribution is 8.00. The largest absolute Gasteiger partial charge is 0.416 e. The standard InChI is InChI=1S/C20H18F3N5OS/c1-2-15-25-26-19-28(15)27-16(12-7-4-3-5-8-12)17(30-19)18(29)24-14-10-6-9-13(11-14)20(21,22)23/h3-11,16-17,27H,2H2,1H3,(H,24,29). The fourth-order valence-electron chi connectivity index (χ4n) is 3.22.